The third-order valence-corrected chi connectivity index (χ3v) is 3.75. The summed E-state index contributed by atoms with van der Waals surface area (Å²) >= 11 is 0. The van der Waals surface area contributed by atoms with E-state index in [-0.39, 0.29) is 39.0 Å². The number of aliphatic carboxylic acids is 1. The number of amides is 4. The van der Waals surface area contributed by atoms with Crippen molar-refractivity contribution >= 4 is 29.6 Å². The lowest BCUT2D eigenvalue weighted by atomic mass is 9.94. The minimum absolute atomic E-state index is 0.00763. The molecule has 166 valence electrons. The lowest BCUT2D eigenvalue weighted by Gasteiger charge is -2.28. The van der Waals surface area contributed by atoms with Crippen LogP contribution in [-0.2, 0) is 24.0 Å². The number of hydroxylamine groups is 4. The molecule has 5 N–H and O–H groups in total. The number of aliphatic hydroxyl groups is 1. The highest BCUT2D eigenvalue weighted by Gasteiger charge is 2.34. The van der Waals surface area contributed by atoms with Gasteiger partial charge in [-0.25, -0.2) is 10.1 Å². The molecule has 4 amide bonds. The summed E-state index contributed by atoms with van der Waals surface area (Å²) in [5.41, 5.74) is -2.74. The van der Waals surface area contributed by atoms with Gasteiger partial charge < -0.3 is 25.6 Å². The molecule has 0 aliphatic carbocycles. The second-order valence-corrected chi connectivity index (χ2v) is 6.36. The van der Waals surface area contributed by atoms with Crippen LogP contribution in [0.1, 0.15) is 39.5 Å². The Morgan fingerprint density at radius 1 is 0.828 bits per heavy atom. The molecule has 29 heavy (non-hydrogen) atoms. The van der Waals surface area contributed by atoms with Crippen molar-refractivity contribution in [2.24, 2.45) is 0 Å². The Morgan fingerprint density at radius 2 is 1.17 bits per heavy atom. The van der Waals surface area contributed by atoms with Crippen LogP contribution in [0.4, 0.5) is 0 Å². The van der Waals surface area contributed by atoms with Gasteiger partial charge in [-0.2, -0.15) is 0 Å². The van der Waals surface area contributed by atoms with Crippen molar-refractivity contribution in [2.45, 2.75) is 45.1 Å². The number of carboxylic acid groups (broad SMARTS) is 1. The van der Waals surface area contributed by atoms with Gasteiger partial charge in [-0.1, -0.05) is 0 Å². The number of hydrogen-bond acceptors (Lipinski definition) is 9. The molecule has 0 aliphatic rings. The number of nitrogens with one attached hydrogen (secondary N) is 2. The molecule has 0 radical (unpaired) electrons. The first-order valence-electron chi connectivity index (χ1n) is 8.80. The summed E-state index contributed by atoms with van der Waals surface area (Å²) in [7, 11) is 0. The Morgan fingerprint density at radius 3 is 1.45 bits per heavy atom. The zero-order valence-electron chi connectivity index (χ0n) is 16.3. The van der Waals surface area contributed by atoms with Crippen LogP contribution in [0, 0.1) is 0 Å². The second kappa shape index (κ2) is 12.6. The van der Waals surface area contributed by atoms with Crippen LogP contribution < -0.4 is 15.7 Å². The van der Waals surface area contributed by atoms with Crippen molar-refractivity contribution in [2.75, 3.05) is 26.2 Å². The second-order valence-electron chi connectivity index (χ2n) is 6.36. The molecule has 0 bridgehead atoms. The largest absolute Gasteiger partial charge is 0.547 e. The monoisotopic (exact) mass is 419 g/mol. The van der Waals surface area contributed by atoms with Gasteiger partial charge >= 0.3 is 0 Å². The van der Waals surface area contributed by atoms with E-state index in [1.165, 1.54) is 0 Å². The molecule has 0 aromatic rings. The molecule has 0 aliphatic heterocycles. The Hall–Kier alpha value is -2.77. The van der Waals surface area contributed by atoms with E-state index in [9.17, 15) is 34.2 Å². The Bertz CT molecular complexity index is 569. The van der Waals surface area contributed by atoms with Crippen LogP contribution in [0.5, 0.6) is 0 Å². The van der Waals surface area contributed by atoms with E-state index >= 15 is 0 Å². The van der Waals surface area contributed by atoms with Crippen LogP contribution in [0.2, 0.25) is 0 Å². The van der Waals surface area contributed by atoms with Crippen LogP contribution in [0.3, 0.4) is 0 Å². The fourth-order valence-electron chi connectivity index (χ4n) is 2.09. The lowest BCUT2D eigenvalue weighted by Crippen LogP contribution is -2.53. The SMILES string of the molecule is CC(=O)N(O)CCCNC(=O)CC(O)(CC(=O)NCCCN(O)C(C)=O)C(=O)[O-]. The van der Waals surface area contributed by atoms with Crippen molar-refractivity contribution in [3.8, 4) is 0 Å². The topological polar surface area (TPSA) is 200 Å². The lowest BCUT2D eigenvalue weighted by molar-refractivity contribution is -0.324. The third-order valence-electron chi connectivity index (χ3n) is 3.75. The molecule has 0 heterocycles. The molecule has 0 fully saturated rings. The Labute approximate surface area is 167 Å². The van der Waals surface area contributed by atoms with Crippen LogP contribution in [0.25, 0.3) is 0 Å². The number of rotatable bonds is 13. The quantitative estimate of drug-likeness (QED) is 0.115. The molecule has 0 aromatic heterocycles. The van der Waals surface area contributed by atoms with Gasteiger partial charge in [0, 0.05) is 26.9 Å². The van der Waals surface area contributed by atoms with Gasteiger partial charge in [-0.15, -0.1) is 0 Å². The predicted molar refractivity (Wildman–Crippen MR) is 92.8 cm³/mol. The number of carbonyl (C=O) groups excluding carboxylic acids is 5. The highest BCUT2D eigenvalue weighted by Crippen LogP contribution is 2.15. The average molecular weight is 419 g/mol. The molecular weight excluding hydrogens is 392 g/mol. The molecular formula is C16H27N4O9-. The van der Waals surface area contributed by atoms with Gasteiger partial charge in [-0.3, -0.25) is 29.6 Å². The molecule has 0 aromatic carbocycles. The number of nitrogens with zero attached hydrogens (tertiary/aromatic N) is 2. The van der Waals surface area contributed by atoms with Crippen molar-refractivity contribution < 1.29 is 44.6 Å². The van der Waals surface area contributed by atoms with E-state index in [1.807, 2.05) is 0 Å². The molecule has 0 saturated heterocycles. The number of hydrogen-bond donors (Lipinski definition) is 5. The first kappa shape index (κ1) is 26.2. The predicted octanol–water partition coefficient (Wildman–Crippen LogP) is -3.26. The molecule has 0 atom stereocenters. The zero-order valence-corrected chi connectivity index (χ0v) is 16.3. The van der Waals surface area contributed by atoms with Crippen molar-refractivity contribution in [3.05, 3.63) is 0 Å². The summed E-state index contributed by atoms with van der Waals surface area (Å²) in [4.78, 5) is 56.5. The maximum absolute atomic E-state index is 11.8. The zero-order chi connectivity index (χ0) is 22.6. The van der Waals surface area contributed by atoms with Gasteiger partial charge in [0.1, 0.15) is 5.60 Å². The van der Waals surface area contributed by atoms with E-state index in [0.717, 1.165) is 13.8 Å². The molecule has 13 heteroatoms. The maximum atomic E-state index is 11.8. The molecule has 0 saturated carbocycles. The fraction of sp³-hybridized carbons (Fsp3) is 0.688. The minimum Gasteiger partial charge on any atom is -0.547 e. The van der Waals surface area contributed by atoms with Crippen LogP contribution in [0.15, 0.2) is 0 Å². The smallest absolute Gasteiger partial charge is 0.242 e. The molecule has 0 rings (SSSR count). The average Bonchev–Trinajstić information content (AvgIpc) is 2.61. The summed E-state index contributed by atoms with van der Waals surface area (Å²) in [6, 6.07) is 0. The highest BCUT2D eigenvalue weighted by atomic mass is 16.5. The van der Waals surface area contributed by atoms with Crippen molar-refractivity contribution in [3.63, 3.8) is 0 Å². The van der Waals surface area contributed by atoms with Gasteiger partial charge in [0.15, 0.2) is 0 Å². The van der Waals surface area contributed by atoms with E-state index in [1.54, 1.807) is 0 Å². The van der Waals surface area contributed by atoms with Gasteiger partial charge in [-0.05, 0) is 12.8 Å². The van der Waals surface area contributed by atoms with E-state index in [4.69, 9.17) is 10.4 Å². The minimum atomic E-state index is -2.74. The third kappa shape index (κ3) is 11.0. The number of carbonyl (C=O) groups is 5. The summed E-state index contributed by atoms with van der Waals surface area (Å²) < 4.78 is 0. The van der Waals surface area contributed by atoms with Crippen LogP contribution in [-0.4, -0.2) is 87.0 Å². The van der Waals surface area contributed by atoms with Crippen LogP contribution >= 0.6 is 0 Å². The molecule has 0 unspecified atom stereocenters. The fourth-order valence-corrected chi connectivity index (χ4v) is 2.09. The summed E-state index contributed by atoms with van der Waals surface area (Å²) in [5.74, 6) is -4.90. The number of carboxylic acids is 1. The Kier molecular flexibility index (Phi) is 11.4. The first-order chi connectivity index (χ1) is 13.4. The van der Waals surface area contributed by atoms with Gasteiger partial charge in [0.05, 0.1) is 31.9 Å². The summed E-state index contributed by atoms with van der Waals surface area (Å²) in [5, 5.41) is 45.1. The van der Waals surface area contributed by atoms with E-state index in [2.05, 4.69) is 10.6 Å². The maximum Gasteiger partial charge on any atom is 0.242 e. The van der Waals surface area contributed by atoms with Gasteiger partial charge in [0.25, 0.3) is 0 Å². The van der Waals surface area contributed by atoms with Crippen molar-refractivity contribution in [1.29, 1.82) is 0 Å². The standard InChI is InChI=1S/C16H28N4O9/c1-11(21)19(28)7-3-5-17-13(23)9-16(27,15(25)26)10-14(24)18-6-4-8-20(29)12(2)22/h27-29H,3-10H2,1-2H3,(H,17,23)(H,18,24)(H,25,26)/p-1. The van der Waals surface area contributed by atoms with E-state index in [0.29, 0.717) is 10.1 Å². The summed E-state index contributed by atoms with van der Waals surface area (Å²) in [6.45, 7) is 2.16. The van der Waals surface area contributed by atoms with E-state index < -0.39 is 48.0 Å². The molecule has 0 spiro atoms. The van der Waals surface area contributed by atoms with Gasteiger partial charge in [0.2, 0.25) is 23.6 Å². The normalized spacial score (nSPS) is 10.8. The molecule has 13 nitrogen and oxygen atoms in total. The highest BCUT2D eigenvalue weighted by molar-refractivity contribution is 5.90. The first-order valence-corrected chi connectivity index (χ1v) is 8.80. The Balaban J connectivity index is 4.41. The summed E-state index contributed by atoms with van der Waals surface area (Å²) in [6.07, 6.45) is -1.53. The van der Waals surface area contributed by atoms with Crippen molar-refractivity contribution in [1.82, 2.24) is 20.8 Å².